The van der Waals surface area contributed by atoms with Crippen LogP contribution in [0.4, 0.5) is 0 Å². The molecule has 18 heavy (non-hydrogen) atoms. The van der Waals surface area contributed by atoms with Crippen molar-refractivity contribution in [3.63, 3.8) is 0 Å². The topological polar surface area (TPSA) is 29.9 Å². The first-order valence-electron chi connectivity index (χ1n) is 6.34. The molecule has 96 valence electrons. The minimum atomic E-state index is 0.295. The Balaban J connectivity index is 2.28. The van der Waals surface area contributed by atoms with Crippen molar-refractivity contribution < 1.29 is 0 Å². The average molecular weight is 243 g/mol. The highest BCUT2D eigenvalue weighted by atomic mass is 15.3. The number of aromatic nitrogens is 2. The van der Waals surface area contributed by atoms with E-state index in [-0.39, 0.29) is 0 Å². The zero-order valence-electron chi connectivity index (χ0n) is 11.6. The second-order valence-electron chi connectivity index (χ2n) is 4.86. The van der Waals surface area contributed by atoms with Crippen LogP contribution >= 0.6 is 0 Å². The number of nitrogens with zero attached hydrogens (tertiary/aromatic N) is 2. The molecule has 3 heteroatoms. The van der Waals surface area contributed by atoms with Crippen LogP contribution in [0.25, 0.3) is 0 Å². The molecule has 0 saturated heterocycles. The van der Waals surface area contributed by atoms with Gasteiger partial charge < -0.3 is 5.32 Å². The molecule has 0 aliphatic carbocycles. The van der Waals surface area contributed by atoms with Gasteiger partial charge in [0, 0.05) is 11.9 Å². The van der Waals surface area contributed by atoms with E-state index in [1.165, 1.54) is 22.4 Å². The number of hydrogen-bond donors (Lipinski definition) is 1. The first-order valence-corrected chi connectivity index (χ1v) is 6.34. The Hall–Kier alpha value is -1.61. The van der Waals surface area contributed by atoms with Gasteiger partial charge in [-0.15, -0.1) is 0 Å². The van der Waals surface area contributed by atoms with Gasteiger partial charge in [0.15, 0.2) is 0 Å². The zero-order valence-corrected chi connectivity index (χ0v) is 11.6. The summed E-state index contributed by atoms with van der Waals surface area (Å²) in [7, 11) is 2.01. The van der Waals surface area contributed by atoms with E-state index in [1.807, 2.05) is 24.0 Å². The Morgan fingerprint density at radius 2 is 2.00 bits per heavy atom. The Kier molecular flexibility index (Phi) is 3.82. The highest BCUT2D eigenvalue weighted by Crippen LogP contribution is 2.20. The fourth-order valence-corrected chi connectivity index (χ4v) is 2.24. The summed E-state index contributed by atoms with van der Waals surface area (Å²) in [5.74, 6) is 0. The standard InChI is InChI=1S/C15H21N3/c1-11-5-6-12(2)14(9-11)15(16-4)10-18-13(3)7-8-17-18/h5-9,15-16H,10H2,1-4H3. The van der Waals surface area contributed by atoms with Gasteiger partial charge in [-0.3, -0.25) is 4.68 Å². The lowest BCUT2D eigenvalue weighted by atomic mass is 9.99. The smallest absolute Gasteiger partial charge is 0.0607 e. The van der Waals surface area contributed by atoms with Crippen molar-refractivity contribution in [1.29, 1.82) is 0 Å². The molecule has 0 bridgehead atoms. The maximum Gasteiger partial charge on any atom is 0.0607 e. The molecule has 1 N–H and O–H groups in total. The largest absolute Gasteiger partial charge is 0.311 e. The molecule has 1 heterocycles. The lowest BCUT2D eigenvalue weighted by Gasteiger charge is -2.20. The highest BCUT2D eigenvalue weighted by Gasteiger charge is 2.13. The molecule has 0 amide bonds. The molecule has 2 rings (SSSR count). The van der Waals surface area contributed by atoms with Crippen molar-refractivity contribution in [2.24, 2.45) is 0 Å². The quantitative estimate of drug-likeness (QED) is 0.895. The van der Waals surface area contributed by atoms with Crippen LogP contribution in [0.1, 0.15) is 28.4 Å². The van der Waals surface area contributed by atoms with Gasteiger partial charge >= 0.3 is 0 Å². The van der Waals surface area contributed by atoms with E-state index in [1.54, 1.807) is 0 Å². The van der Waals surface area contributed by atoms with Crippen LogP contribution in [0, 0.1) is 20.8 Å². The second-order valence-corrected chi connectivity index (χ2v) is 4.86. The molecule has 2 aromatic rings. The minimum Gasteiger partial charge on any atom is -0.311 e. The van der Waals surface area contributed by atoms with Crippen molar-refractivity contribution in [2.75, 3.05) is 7.05 Å². The van der Waals surface area contributed by atoms with E-state index < -0.39 is 0 Å². The summed E-state index contributed by atoms with van der Waals surface area (Å²) in [6.45, 7) is 7.24. The second kappa shape index (κ2) is 5.36. The third kappa shape index (κ3) is 2.62. The van der Waals surface area contributed by atoms with Crippen molar-refractivity contribution in [2.45, 2.75) is 33.4 Å². The highest BCUT2D eigenvalue weighted by molar-refractivity contribution is 5.33. The van der Waals surface area contributed by atoms with Gasteiger partial charge in [0.1, 0.15) is 0 Å². The van der Waals surface area contributed by atoms with Gasteiger partial charge in [-0.2, -0.15) is 5.10 Å². The molecule has 0 aliphatic heterocycles. The number of hydrogen-bond acceptors (Lipinski definition) is 2. The average Bonchev–Trinajstić information content (AvgIpc) is 2.75. The van der Waals surface area contributed by atoms with Crippen LogP contribution in [0.15, 0.2) is 30.5 Å². The lowest BCUT2D eigenvalue weighted by molar-refractivity contribution is 0.460. The third-order valence-electron chi connectivity index (χ3n) is 3.44. The van der Waals surface area contributed by atoms with Crippen LogP contribution in [-0.4, -0.2) is 16.8 Å². The predicted octanol–water partition coefficient (Wildman–Crippen LogP) is 2.77. The monoisotopic (exact) mass is 243 g/mol. The van der Waals surface area contributed by atoms with Gasteiger partial charge in [-0.25, -0.2) is 0 Å². The summed E-state index contributed by atoms with van der Waals surface area (Å²) in [5.41, 5.74) is 5.17. The Morgan fingerprint density at radius 1 is 1.22 bits per heavy atom. The molecule has 1 atom stereocenters. The predicted molar refractivity (Wildman–Crippen MR) is 74.7 cm³/mol. The Bertz CT molecular complexity index is 528. The molecule has 1 aromatic carbocycles. The van der Waals surface area contributed by atoms with E-state index in [2.05, 4.69) is 49.4 Å². The van der Waals surface area contributed by atoms with E-state index in [9.17, 15) is 0 Å². The molecule has 0 saturated carbocycles. The zero-order chi connectivity index (χ0) is 13.1. The summed E-state index contributed by atoms with van der Waals surface area (Å²) >= 11 is 0. The molecule has 1 unspecified atom stereocenters. The number of aryl methyl sites for hydroxylation is 3. The number of likely N-dealkylation sites (N-methyl/N-ethyl adjacent to an activating group) is 1. The SMILES string of the molecule is CNC(Cn1nccc1C)c1cc(C)ccc1C. The lowest BCUT2D eigenvalue weighted by Crippen LogP contribution is -2.24. The van der Waals surface area contributed by atoms with Gasteiger partial charge in [0.25, 0.3) is 0 Å². The van der Waals surface area contributed by atoms with E-state index >= 15 is 0 Å². The molecule has 0 radical (unpaired) electrons. The third-order valence-corrected chi connectivity index (χ3v) is 3.44. The fraction of sp³-hybridized carbons (Fsp3) is 0.400. The summed E-state index contributed by atoms with van der Waals surface area (Å²) in [5, 5.41) is 7.75. The van der Waals surface area contributed by atoms with E-state index in [4.69, 9.17) is 0 Å². The van der Waals surface area contributed by atoms with Crippen LogP contribution in [-0.2, 0) is 6.54 Å². The summed E-state index contributed by atoms with van der Waals surface area (Å²) < 4.78 is 2.04. The Labute approximate surface area is 109 Å². The van der Waals surface area contributed by atoms with E-state index in [0.29, 0.717) is 6.04 Å². The van der Waals surface area contributed by atoms with Crippen LogP contribution in [0.2, 0.25) is 0 Å². The van der Waals surface area contributed by atoms with E-state index in [0.717, 1.165) is 6.54 Å². The van der Waals surface area contributed by atoms with Crippen molar-refractivity contribution in [1.82, 2.24) is 15.1 Å². The number of benzene rings is 1. The van der Waals surface area contributed by atoms with Crippen LogP contribution in [0.3, 0.4) is 0 Å². The molecular formula is C15H21N3. The van der Waals surface area contributed by atoms with Crippen LogP contribution < -0.4 is 5.32 Å². The molecular weight excluding hydrogens is 222 g/mol. The maximum absolute atomic E-state index is 4.36. The number of nitrogens with one attached hydrogen (secondary N) is 1. The first-order chi connectivity index (χ1) is 8.61. The summed E-state index contributed by atoms with van der Waals surface area (Å²) in [4.78, 5) is 0. The first kappa shape index (κ1) is 12.8. The van der Waals surface area contributed by atoms with Gasteiger partial charge in [-0.05, 0) is 45.0 Å². The maximum atomic E-state index is 4.36. The molecule has 0 fully saturated rings. The normalized spacial score (nSPS) is 12.7. The van der Waals surface area contributed by atoms with Crippen molar-refractivity contribution >= 4 is 0 Å². The summed E-state index contributed by atoms with van der Waals surface area (Å²) in [6.07, 6.45) is 1.85. The van der Waals surface area contributed by atoms with Crippen molar-refractivity contribution in [3.8, 4) is 0 Å². The minimum absolute atomic E-state index is 0.295. The number of rotatable bonds is 4. The molecule has 0 aliphatic rings. The molecule has 1 aromatic heterocycles. The molecule has 3 nitrogen and oxygen atoms in total. The van der Waals surface area contributed by atoms with Gasteiger partial charge in [0.2, 0.25) is 0 Å². The van der Waals surface area contributed by atoms with Crippen LogP contribution in [0.5, 0.6) is 0 Å². The van der Waals surface area contributed by atoms with Crippen molar-refractivity contribution in [3.05, 3.63) is 52.8 Å². The Morgan fingerprint density at radius 3 is 2.61 bits per heavy atom. The summed E-state index contributed by atoms with van der Waals surface area (Å²) in [6, 6.07) is 8.93. The van der Waals surface area contributed by atoms with Gasteiger partial charge in [0.05, 0.1) is 12.6 Å². The van der Waals surface area contributed by atoms with Gasteiger partial charge in [-0.1, -0.05) is 23.8 Å². The molecule has 0 spiro atoms. The fourth-order valence-electron chi connectivity index (χ4n) is 2.24.